The zero-order valence-corrected chi connectivity index (χ0v) is 9.77. The van der Waals surface area contributed by atoms with E-state index in [0.29, 0.717) is 0 Å². The summed E-state index contributed by atoms with van der Waals surface area (Å²) in [6.07, 6.45) is 0. The van der Waals surface area contributed by atoms with Crippen LogP contribution in [0.3, 0.4) is 0 Å². The van der Waals surface area contributed by atoms with Crippen molar-refractivity contribution in [3.05, 3.63) is 0 Å². The molecule has 0 aromatic carbocycles. The van der Waals surface area contributed by atoms with Crippen molar-refractivity contribution < 1.29 is 19.1 Å². The third-order valence-electron chi connectivity index (χ3n) is 1.35. The number of esters is 2. The van der Waals surface area contributed by atoms with E-state index in [-0.39, 0.29) is 0 Å². The summed E-state index contributed by atoms with van der Waals surface area (Å²) in [5.41, 5.74) is -0.679. The normalized spacial score (nSPS) is 15.6. The highest BCUT2D eigenvalue weighted by atomic mass is 35.5. The molecule has 0 aliphatic rings. The Hall–Kier alpha value is -0.770. The molecule has 0 saturated heterocycles. The Morgan fingerprint density at radius 1 is 1.07 bits per heavy atom. The highest BCUT2D eigenvalue weighted by molar-refractivity contribution is 6.44. The number of carbonyl (C=O) groups excluding carboxylic acids is 2. The maximum Gasteiger partial charge on any atom is 0.339 e. The van der Waals surface area contributed by atoms with E-state index in [1.165, 1.54) is 6.92 Å². The van der Waals surface area contributed by atoms with Crippen LogP contribution in [0.5, 0.6) is 0 Å². The lowest BCUT2D eigenvalue weighted by Gasteiger charge is -2.25. The van der Waals surface area contributed by atoms with Crippen molar-refractivity contribution in [2.75, 3.05) is 7.11 Å². The molecule has 0 rings (SSSR count). The van der Waals surface area contributed by atoms with Crippen molar-refractivity contribution in [1.29, 1.82) is 0 Å². The van der Waals surface area contributed by atoms with Crippen LogP contribution in [0, 0.1) is 0 Å². The zero-order chi connectivity index (χ0) is 11.6. The smallest absolute Gasteiger partial charge is 0.339 e. The second-order valence-electron chi connectivity index (χ2n) is 4.00. The number of hydrogen-bond acceptors (Lipinski definition) is 4. The first-order chi connectivity index (χ1) is 6.11. The first-order valence-corrected chi connectivity index (χ1v) is 4.50. The van der Waals surface area contributed by atoms with Gasteiger partial charge in [-0.2, -0.15) is 0 Å². The van der Waals surface area contributed by atoms with E-state index in [2.05, 4.69) is 4.74 Å². The Morgan fingerprint density at radius 2 is 1.50 bits per heavy atom. The minimum Gasteiger partial charge on any atom is -0.467 e. The van der Waals surface area contributed by atoms with Gasteiger partial charge in [-0.05, 0) is 27.7 Å². The lowest BCUT2D eigenvalue weighted by molar-refractivity contribution is -0.164. The van der Waals surface area contributed by atoms with Crippen molar-refractivity contribution in [3.63, 3.8) is 0 Å². The average Bonchev–Trinajstić information content (AvgIpc) is 1.99. The fraction of sp³-hybridized carbons (Fsp3) is 0.778. The molecule has 0 saturated carbocycles. The first kappa shape index (κ1) is 13.2. The standard InChI is InChI=1S/C9H15ClO4/c1-8(2,3)14-7(12)9(4,10)6(11)13-5/h1-5H3/t9-/m0/s1. The van der Waals surface area contributed by atoms with E-state index < -0.39 is 22.4 Å². The molecule has 0 heterocycles. The van der Waals surface area contributed by atoms with E-state index >= 15 is 0 Å². The largest absolute Gasteiger partial charge is 0.467 e. The van der Waals surface area contributed by atoms with Gasteiger partial charge in [-0.25, -0.2) is 9.59 Å². The summed E-state index contributed by atoms with van der Waals surface area (Å²) >= 11 is 5.69. The van der Waals surface area contributed by atoms with Crippen molar-refractivity contribution >= 4 is 23.5 Å². The third kappa shape index (κ3) is 3.54. The summed E-state index contributed by atoms with van der Waals surface area (Å²) in [4.78, 5) is 20.8. The monoisotopic (exact) mass is 222 g/mol. The molecule has 5 heteroatoms. The predicted molar refractivity (Wildman–Crippen MR) is 52.1 cm³/mol. The van der Waals surface area contributed by atoms with Crippen molar-refractivity contribution in [2.45, 2.75) is 38.2 Å². The molecule has 0 aliphatic heterocycles. The fourth-order valence-electron chi connectivity index (χ4n) is 0.649. The van der Waals surface area contributed by atoms with Crippen LogP contribution < -0.4 is 0 Å². The highest BCUT2D eigenvalue weighted by Crippen LogP contribution is 2.21. The van der Waals surface area contributed by atoms with Crippen molar-refractivity contribution in [2.24, 2.45) is 0 Å². The molecular weight excluding hydrogens is 208 g/mol. The first-order valence-electron chi connectivity index (χ1n) is 4.12. The Kier molecular flexibility index (Phi) is 3.94. The third-order valence-corrected chi connectivity index (χ3v) is 1.66. The summed E-state index contributed by atoms with van der Waals surface area (Å²) in [5, 5.41) is 0. The Labute approximate surface area is 88.5 Å². The molecule has 4 nitrogen and oxygen atoms in total. The van der Waals surface area contributed by atoms with Crippen molar-refractivity contribution in [3.8, 4) is 0 Å². The molecule has 0 bridgehead atoms. The van der Waals surface area contributed by atoms with Crippen LogP contribution >= 0.6 is 11.6 Å². The minimum atomic E-state index is -1.78. The van der Waals surface area contributed by atoms with E-state index in [9.17, 15) is 9.59 Å². The van der Waals surface area contributed by atoms with E-state index in [1.54, 1.807) is 20.8 Å². The molecule has 0 aliphatic carbocycles. The molecule has 82 valence electrons. The van der Waals surface area contributed by atoms with E-state index in [1.807, 2.05) is 0 Å². The molecule has 0 aromatic rings. The van der Waals surface area contributed by atoms with Crippen LogP contribution in [0.4, 0.5) is 0 Å². The molecular formula is C9H15ClO4. The maximum atomic E-state index is 11.4. The summed E-state index contributed by atoms with van der Waals surface area (Å²) in [7, 11) is 1.16. The Bertz CT molecular complexity index is 240. The van der Waals surface area contributed by atoms with Gasteiger partial charge in [-0.1, -0.05) is 11.6 Å². The topological polar surface area (TPSA) is 52.6 Å². The number of alkyl halides is 1. The lowest BCUT2D eigenvalue weighted by Crippen LogP contribution is -2.43. The molecule has 0 aromatic heterocycles. The SMILES string of the molecule is COC(=O)[C@](C)(Cl)C(=O)OC(C)(C)C. The number of carbonyl (C=O) groups is 2. The summed E-state index contributed by atoms with van der Waals surface area (Å²) in [5.74, 6) is -1.63. The number of halogens is 1. The second kappa shape index (κ2) is 4.17. The molecule has 0 radical (unpaired) electrons. The number of rotatable bonds is 2. The van der Waals surface area contributed by atoms with E-state index in [0.717, 1.165) is 7.11 Å². The van der Waals surface area contributed by atoms with Gasteiger partial charge in [0.25, 0.3) is 0 Å². The molecule has 14 heavy (non-hydrogen) atoms. The Balaban J connectivity index is 4.60. The van der Waals surface area contributed by atoms with Gasteiger partial charge in [-0.3, -0.25) is 0 Å². The molecule has 0 N–H and O–H groups in total. The average molecular weight is 223 g/mol. The summed E-state index contributed by atoms with van der Waals surface area (Å²) in [6.45, 7) is 6.31. The van der Waals surface area contributed by atoms with Gasteiger partial charge >= 0.3 is 11.9 Å². The second-order valence-corrected chi connectivity index (χ2v) is 4.75. The molecule has 1 atom stereocenters. The molecule has 0 fully saturated rings. The molecule has 0 spiro atoms. The Morgan fingerprint density at radius 3 is 1.79 bits per heavy atom. The molecule has 0 amide bonds. The van der Waals surface area contributed by atoms with Crippen LogP contribution in [0.15, 0.2) is 0 Å². The summed E-state index contributed by atoms with van der Waals surface area (Å²) < 4.78 is 9.33. The van der Waals surface area contributed by atoms with Gasteiger partial charge < -0.3 is 9.47 Å². The van der Waals surface area contributed by atoms with Gasteiger partial charge in [0.15, 0.2) is 0 Å². The van der Waals surface area contributed by atoms with Crippen LogP contribution in [0.25, 0.3) is 0 Å². The van der Waals surface area contributed by atoms with Crippen LogP contribution in [0.1, 0.15) is 27.7 Å². The number of hydrogen-bond donors (Lipinski definition) is 0. The molecule has 0 unspecified atom stereocenters. The zero-order valence-electron chi connectivity index (χ0n) is 9.01. The van der Waals surface area contributed by atoms with E-state index in [4.69, 9.17) is 16.3 Å². The highest BCUT2D eigenvalue weighted by Gasteiger charge is 2.43. The lowest BCUT2D eigenvalue weighted by atomic mass is 10.1. The maximum absolute atomic E-state index is 11.4. The van der Waals surface area contributed by atoms with Crippen molar-refractivity contribution in [1.82, 2.24) is 0 Å². The number of methoxy groups -OCH3 is 1. The quantitative estimate of drug-likeness (QED) is 0.404. The van der Waals surface area contributed by atoms with Gasteiger partial charge in [0, 0.05) is 0 Å². The summed E-state index contributed by atoms with van der Waals surface area (Å²) in [6, 6.07) is 0. The van der Waals surface area contributed by atoms with Gasteiger partial charge in [0.05, 0.1) is 7.11 Å². The number of ether oxygens (including phenoxy) is 2. The van der Waals surface area contributed by atoms with Crippen LogP contribution in [-0.2, 0) is 19.1 Å². The van der Waals surface area contributed by atoms with Crippen LogP contribution in [-0.4, -0.2) is 29.5 Å². The van der Waals surface area contributed by atoms with Gasteiger partial charge in [-0.15, -0.1) is 0 Å². The van der Waals surface area contributed by atoms with Crippen LogP contribution in [0.2, 0.25) is 0 Å². The van der Waals surface area contributed by atoms with Gasteiger partial charge in [0.2, 0.25) is 4.87 Å². The fourth-order valence-corrected chi connectivity index (χ4v) is 0.765. The van der Waals surface area contributed by atoms with Gasteiger partial charge in [0.1, 0.15) is 5.60 Å². The predicted octanol–water partition coefficient (Wildman–Crippen LogP) is 1.50. The minimum absolute atomic E-state index is 0.679.